The first-order valence-electron chi connectivity index (χ1n) is 7.81. The standard InChI is InChI=1S/C16H23FN4O2/c1-11(2)10-19-16(23)20-14-4-3-12(9-13(14)17)15(22)21-7-5-18-6-8-21/h3-4,9,11,18H,5-8,10H2,1-2H3,(H2,19,20,23). The Kier molecular flexibility index (Phi) is 5.92. The van der Waals surface area contributed by atoms with Crippen LogP contribution < -0.4 is 16.0 Å². The van der Waals surface area contributed by atoms with E-state index in [1.807, 2.05) is 13.8 Å². The number of urea groups is 1. The first-order chi connectivity index (χ1) is 11.0. The maximum Gasteiger partial charge on any atom is 0.319 e. The molecule has 1 aromatic rings. The van der Waals surface area contributed by atoms with Gasteiger partial charge in [-0.1, -0.05) is 13.8 Å². The van der Waals surface area contributed by atoms with Gasteiger partial charge in [0.2, 0.25) is 0 Å². The van der Waals surface area contributed by atoms with Gasteiger partial charge in [-0.25, -0.2) is 9.18 Å². The van der Waals surface area contributed by atoms with Gasteiger partial charge in [-0.2, -0.15) is 0 Å². The quantitative estimate of drug-likeness (QED) is 0.789. The van der Waals surface area contributed by atoms with Gasteiger partial charge in [0.1, 0.15) is 5.82 Å². The fourth-order valence-electron chi connectivity index (χ4n) is 2.26. The summed E-state index contributed by atoms with van der Waals surface area (Å²) in [6.07, 6.45) is 0. The van der Waals surface area contributed by atoms with Crippen molar-refractivity contribution in [1.29, 1.82) is 0 Å². The van der Waals surface area contributed by atoms with E-state index in [4.69, 9.17) is 0 Å². The van der Waals surface area contributed by atoms with E-state index in [9.17, 15) is 14.0 Å². The molecule has 3 amide bonds. The zero-order valence-corrected chi connectivity index (χ0v) is 13.5. The van der Waals surface area contributed by atoms with Gasteiger partial charge in [0.15, 0.2) is 0 Å². The van der Waals surface area contributed by atoms with Crippen molar-refractivity contribution >= 4 is 17.6 Å². The van der Waals surface area contributed by atoms with Gasteiger partial charge < -0.3 is 20.9 Å². The van der Waals surface area contributed by atoms with Gasteiger partial charge in [0, 0.05) is 38.3 Å². The highest BCUT2D eigenvalue weighted by Gasteiger charge is 2.19. The Morgan fingerprint density at radius 1 is 1.30 bits per heavy atom. The van der Waals surface area contributed by atoms with E-state index in [1.54, 1.807) is 4.90 Å². The number of anilines is 1. The Morgan fingerprint density at radius 3 is 2.61 bits per heavy atom. The number of benzene rings is 1. The van der Waals surface area contributed by atoms with E-state index in [2.05, 4.69) is 16.0 Å². The second-order valence-corrected chi connectivity index (χ2v) is 5.97. The number of rotatable bonds is 4. The molecule has 0 aliphatic carbocycles. The average Bonchev–Trinajstić information content (AvgIpc) is 2.55. The fraction of sp³-hybridized carbons (Fsp3) is 0.500. The molecule has 0 bridgehead atoms. The van der Waals surface area contributed by atoms with Crippen molar-refractivity contribution < 1.29 is 14.0 Å². The van der Waals surface area contributed by atoms with E-state index in [-0.39, 0.29) is 17.2 Å². The highest BCUT2D eigenvalue weighted by Crippen LogP contribution is 2.17. The lowest BCUT2D eigenvalue weighted by Gasteiger charge is -2.27. The lowest BCUT2D eigenvalue weighted by Crippen LogP contribution is -2.46. The lowest BCUT2D eigenvalue weighted by atomic mass is 10.1. The lowest BCUT2D eigenvalue weighted by molar-refractivity contribution is 0.0735. The number of carbonyl (C=O) groups is 2. The van der Waals surface area contributed by atoms with Crippen LogP contribution in [0.25, 0.3) is 0 Å². The zero-order chi connectivity index (χ0) is 16.8. The molecule has 1 saturated heterocycles. The highest BCUT2D eigenvalue weighted by molar-refractivity contribution is 5.95. The van der Waals surface area contributed by atoms with Crippen molar-refractivity contribution in [1.82, 2.24) is 15.5 Å². The molecule has 0 spiro atoms. The van der Waals surface area contributed by atoms with Crippen LogP contribution in [0.15, 0.2) is 18.2 Å². The molecule has 0 saturated carbocycles. The second-order valence-electron chi connectivity index (χ2n) is 5.97. The Labute approximate surface area is 135 Å². The van der Waals surface area contributed by atoms with Crippen molar-refractivity contribution in [2.24, 2.45) is 5.92 Å². The molecule has 0 aromatic heterocycles. The molecule has 1 aliphatic rings. The van der Waals surface area contributed by atoms with Crippen LogP contribution in [-0.4, -0.2) is 49.6 Å². The van der Waals surface area contributed by atoms with Gasteiger partial charge in [0.25, 0.3) is 5.91 Å². The molecule has 23 heavy (non-hydrogen) atoms. The summed E-state index contributed by atoms with van der Waals surface area (Å²) in [7, 11) is 0. The van der Waals surface area contributed by atoms with Gasteiger partial charge in [0.05, 0.1) is 5.69 Å². The Morgan fingerprint density at radius 2 is 2.00 bits per heavy atom. The van der Waals surface area contributed by atoms with E-state index in [0.29, 0.717) is 25.6 Å². The SMILES string of the molecule is CC(C)CNC(=O)Nc1ccc(C(=O)N2CCNCC2)cc1F. The minimum Gasteiger partial charge on any atom is -0.338 e. The molecule has 6 nitrogen and oxygen atoms in total. The van der Waals surface area contributed by atoms with Crippen LogP contribution in [0.1, 0.15) is 24.2 Å². The molecule has 1 fully saturated rings. The van der Waals surface area contributed by atoms with Crippen molar-refractivity contribution in [3.8, 4) is 0 Å². The number of hydrogen-bond donors (Lipinski definition) is 3. The predicted octanol–water partition coefficient (Wildman–Crippen LogP) is 1.65. The topological polar surface area (TPSA) is 73.5 Å². The summed E-state index contributed by atoms with van der Waals surface area (Å²) in [4.78, 5) is 25.6. The monoisotopic (exact) mass is 322 g/mol. The third kappa shape index (κ3) is 4.92. The molecular weight excluding hydrogens is 299 g/mol. The molecule has 3 N–H and O–H groups in total. The predicted molar refractivity (Wildman–Crippen MR) is 87.0 cm³/mol. The van der Waals surface area contributed by atoms with Crippen LogP contribution >= 0.6 is 0 Å². The van der Waals surface area contributed by atoms with Crippen LogP contribution in [0.2, 0.25) is 0 Å². The van der Waals surface area contributed by atoms with Crippen LogP contribution in [0.5, 0.6) is 0 Å². The molecular formula is C16H23FN4O2. The molecule has 0 atom stereocenters. The Hall–Kier alpha value is -2.15. The van der Waals surface area contributed by atoms with E-state index in [1.165, 1.54) is 18.2 Å². The molecule has 1 heterocycles. The minimum absolute atomic E-state index is 0.0584. The summed E-state index contributed by atoms with van der Waals surface area (Å²) in [6, 6.07) is 3.66. The highest BCUT2D eigenvalue weighted by atomic mass is 19.1. The van der Waals surface area contributed by atoms with Gasteiger partial charge in [-0.05, 0) is 24.1 Å². The summed E-state index contributed by atoms with van der Waals surface area (Å²) in [5, 5.41) is 8.26. The smallest absolute Gasteiger partial charge is 0.319 e. The van der Waals surface area contributed by atoms with Gasteiger partial charge in [-0.15, -0.1) is 0 Å². The molecule has 7 heteroatoms. The van der Waals surface area contributed by atoms with E-state index < -0.39 is 11.8 Å². The van der Waals surface area contributed by atoms with E-state index in [0.717, 1.165) is 13.1 Å². The maximum atomic E-state index is 14.1. The number of amides is 3. The van der Waals surface area contributed by atoms with Crippen LogP contribution in [0, 0.1) is 11.7 Å². The molecule has 0 unspecified atom stereocenters. The summed E-state index contributed by atoms with van der Waals surface area (Å²) in [5.41, 5.74) is 0.348. The third-order valence-corrected chi connectivity index (χ3v) is 3.54. The summed E-state index contributed by atoms with van der Waals surface area (Å²) in [5.74, 6) is -0.503. The van der Waals surface area contributed by atoms with Crippen molar-refractivity contribution in [3.05, 3.63) is 29.6 Å². The molecule has 126 valence electrons. The summed E-state index contributed by atoms with van der Waals surface area (Å²) < 4.78 is 14.1. The first-order valence-corrected chi connectivity index (χ1v) is 7.81. The maximum absolute atomic E-state index is 14.1. The van der Waals surface area contributed by atoms with Crippen molar-refractivity contribution in [2.75, 3.05) is 38.0 Å². The third-order valence-electron chi connectivity index (χ3n) is 3.54. The van der Waals surface area contributed by atoms with Gasteiger partial charge >= 0.3 is 6.03 Å². The van der Waals surface area contributed by atoms with Crippen molar-refractivity contribution in [3.63, 3.8) is 0 Å². The van der Waals surface area contributed by atoms with Crippen molar-refractivity contribution in [2.45, 2.75) is 13.8 Å². The largest absolute Gasteiger partial charge is 0.338 e. The number of hydrogen-bond acceptors (Lipinski definition) is 3. The number of carbonyl (C=O) groups excluding carboxylic acids is 2. The number of nitrogens with one attached hydrogen (secondary N) is 3. The molecule has 1 aliphatic heterocycles. The summed E-state index contributed by atoms with van der Waals surface area (Å²) >= 11 is 0. The van der Waals surface area contributed by atoms with Crippen LogP contribution in [0.3, 0.4) is 0 Å². The van der Waals surface area contributed by atoms with Gasteiger partial charge in [-0.3, -0.25) is 4.79 Å². The van der Waals surface area contributed by atoms with E-state index >= 15 is 0 Å². The second kappa shape index (κ2) is 7.92. The molecule has 1 aromatic carbocycles. The van der Waals surface area contributed by atoms with Crippen LogP contribution in [0.4, 0.5) is 14.9 Å². The number of nitrogens with zero attached hydrogens (tertiary/aromatic N) is 1. The normalized spacial score (nSPS) is 14.7. The zero-order valence-electron chi connectivity index (χ0n) is 13.5. The first kappa shape index (κ1) is 17.2. The fourth-order valence-corrected chi connectivity index (χ4v) is 2.26. The Balaban J connectivity index is 1.99. The Bertz CT molecular complexity index is 571. The average molecular weight is 322 g/mol. The molecule has 0 radical (unpaired) electrons. The summed E-state index contributed by atoms with van der Waals surface area (Å²) in [6.45, 7) is 7.14. The molecule has 2 rings (SSSR count). The van der Waals surface area contributed by atoms with Crippen LogP contribution in [-0.2, 0) is 0 Å². The minimum atomic E-state index is -0.620. The number of halogens is 1. The number of piperazine rings is 1.